The van der Waals surface area contributed by atoms with Crippen LogP contribution in [-0.2, 0) is 9.59 Å². The van der Waals surface area contributed by atoms with E-state index in [1.165, 1.54) is 24.3 Å². The predicted octanol–water partition coefficient (Wildman–Crippen LogP) is 4.24. The van der Waals surface area contributed by atoms with E-state index in [1.807, 2.05) is 16.8 Å². The van der Waals surface area contributed by atoms with Crippen molar-refractivity contribution in [2.45, 2.75) is 25.6 Å². The highest BCUT2D eigenvalue weighted by Crippen LogP contribution is 2.34. The molecule has 0 aromatic heterocycles. The van der Waals surface area contributed by atoms with Crippen LogP contribution in [0, 0.1) is 0 Å². The van der Waals surface area contributed by atoms with Gasteiger partial charge in [0.15, 0.2) is 5.75 Å². The van der Waals surface area contributed by atoms with Crippen molar-refractivity contribution >= 4 is 18.1 Å². The van der Waals surface area contributed by atoms with Crippen molar-refractivity contribution in [3.8, 4) is 22.6 Å². The lowest BCUT2D eigenvalue weighted by Crippen LogP contribution is -2.29. The van der Waals surface area contributed by atoms with Crippen molar-refractivity contribution < 1.29 is 32.2 Å². The smallest absolute Gasteiger partial charge is 0.427 e. The van der Waals surface area contributed by atoms with Crippen LogP contribution in [0.15, 0.2) is 42.5 Å². The van der Waals surface area contributed by atoms with Crippen LogP contribution >= 0.6 is 0 Å². The van der Waals surface area contributed by atoms with Crippen LogP contribution in [0.5, 0.6) is 11.5 Å². The Kier molecular flexibility index (Phi) is 7.04. The lowest BCUT2D eigenvalue weighted by Gasteiger charge is -2.24. The first-order chi connectivity index (χ1) is 14.8. The van der Waals surface area contributed by atoms with Gasteiger partial charge >= 0.3 is 6.36 Å². The summed E-state index contributed by atoms with van der Waals surface area (Å²) in [5.41, 5.74) is 2.09. The molecule has 31 heavy (non-hydrogen) atoms. The molecule has 2 aromatic rings. The average Bonchev–Trinajstić information content (AvgIpc) is 3.12. The third-order valence-electron chi connectivity index (χ3n) is 5.06. The third kappa shape index (κ3) is 6.13. The van der Waals surface area contributed by atoms with E-state index in [9.17, 15) is 22.8 Å². The lowest BCUT2D eigenvalue weighted by molar-refractivity contribution is -0.274. The number of hydrogen-bond acceptors (Lipinski definition) is 5. The number of alkyl halides is 3. The van der Waals surface area contributed by atoms with Crippen LogP contribution in [0.2, 0.25) is 0 Å². The fraction of sp³-hybridized carbons (Fsp3) is 0.364. The first-order valence-electron chi connectivity index (χ1n) is 9.86. The summed E-state index contributed by atoms with van der Waals surface area (Å²) in [7, 11) is 1.85. The lowest BCUT2D eigenvalue weighted by atomic mass is 10.0. The Bertz CT molecular complexity index is 916. The summed E-state index contributed by atoms with van der Waals surface area (Å²) in [6, 6.07) is 10.7. The molecule has 2 aromatic carbocycles. The normalized spacial score (nSPS) is 13.9. The standard InChI is InChI=1S/C22H23F3N2O4/c1-26(11-3-13-27-12-2-4-21(27)29)19-14-17(7-10-20(19)30-15-28)16-5-8-18(9-6-16)31-22(23,24)25/h5-10,14-15H,2-4,11-13H2,1H3. The van der Waals surface area contributed by atoms with E-state index < -0.39 is 6.36 Å². The van der Waals surface area contributed by atoms with Crippen molar-refractivity contribution in [2.24, 2.45) is 0 Å². The number of ether oxygens (including phenoxy) is 2. The van der Waals surface area contributed by atoms with Gasteiger partial charge < -0.3 is 19.3 Å². The molecule has 1 aliphatic heterocycles. The molecule has 0 aliphatic carbocycles. The minimum atomic E-state index is -4.75. The van der Waals surface area contributed by atoms with Gasteiger partial charge in [0.05, 0.1) is 5.69 Å². The molecule has 6 nitrogen and oxygen atoms in total. The van der Waals surface area contributed by atoms with E-state index in [0.29, 0.717) is 43.0 Å². The zero-order valence-corrected chi connectivity index (χ0v) is 17.0. The minimum absolute atomic E-state index is 0.174. The topological polar surface area (TPSA) is 59.1 Å². The van der Waals surface area contributed by atoms with Gasteiger partial charge in [0.2, 0.25) is 5.91 Å². The second-order valence-electron chi connectivity index (χ2n) is 7.23. The maximum absolute atomic E-state index is 12.4. The summed E-state index contributed by atoms with van der Waals surface area (Å²) >= 11 is 0. The minimum Gasteiger partial charge on any atom is -0.427 e. The quantitative estimate of drug-likeness (QED) is 0.551. The Morgan fingerprint density at radius 3 is 2.45 bits per heavy atom. The summed E-state index contributed by atoms with van der Waals surface area (Å²) in [5.74, 6) is 0.245. The molecular weight excluding hydrogens is 413 g/mol. The van der Waals surface area contributed by atoms with Gasteiger partial charge in [-0.25, -0.2) is 0 Å². The van der Waals surface area contributed by atoms with Gasteiger partial charge in [0.25, 0.3) is 6.47 Å². The van der Waals surface area contributed by atoms with Gasteiger partial charge in [-0.05, 0) is 48.2 Å². The maximum Gasteiger partial charge on any atom is 0.573 e. The summed E-state index contributed by atoms with van der Waals surface area (Å²) < 4.78 is 46.1. The second kappa shape index (κ2) is 9.72. The Labute approximate surface area is 178 Å². The molecule has 9 heteroatoms. The van der Waals surface area contributed by atoms with Crippen LogP contribution in [0.4, 0.5) is 18.9 Å². The van der Waals surface area contributed by atoms with E-state index in [2.05, 4.69) is 4.74 Å². The maximum atomic E-state index is 12.4. The molecule has 1 amide bonds. The molecule has 1 fully saturated rings. The number of nitrogens with zero attached hydrogens (tertiary/aromatic N) is 2. The first-order valence-corrected chi connectivity index (χ1v) is 9.86. The predicted molar refractivity (Wildman–Crippen MR) is 109 cm³/mol. The summed E-state index contributed by atoms with van der Waals surface area (Å²) in [6.07, 6.45) is -2.51. The van der Waals surface area contributed by atoms with Gasteiger partial charge in [0, 0.05) is 33.1 Å². The number of benzene rings is 2. The van der Waals surface area contributed by atoms with Crippen LogP contribution in [0.1, 0.15) is 19.3 Å². The number of carbonyl (C=O) groups excluding carboxylic acids is 2. The summed E-state index contributed by atoms with van der Waals surface area (Å²) in [4.78, 5) is 26.4. The van der Waals surface area contributed by atoms with Crippen molar-refractivity contribution in [2.75, 3.05) is 31.6 Å². The number of hydrogen-bond donors (Lipinski definition) is 0. The average molecular weight is 436 g/mol. The van der Waals surface area contributed by atoms with Crippen molar-refractivity contribution in [3.63, 3.8) is 0 Å². The highest BCUT2D eigenvalue weighted by atomic mass is 19.4. The van der Waals surface area contributed by atoms with Gasteiger partial charge in [-0.15, -0.1) is 13.2 Å². The molecule has 0 spiro atoms. The van der Waals surface area contributed by atoms with E-state index in [1.54, 1.807) is 18.2 Å². The Morgan fingerprint density at radius 2 is 1.84 bits per heavy atom. The first kappa shape index (κ1) is 22.5. The number of anilines is 1. The van der Waals surface area contributed by atoms with Crippen LogP contribution in [0.25, 0.3) is 11.1 Å². The second-order valence-corrected chi connectivity index (χ2v) is 7.23. The van der Waals surface area contributed by atoms with Gasteiger partial charge in [-0.1, -0.05) is 18.2 Å². The van der Waals surface area contributed by atoms with E-state index in [4.69, 9.17) is 4.74 Å². The highest BCUT2D eigenvalue weighted by Gasteiger charge is 2.31. The number of halogens is 3. The van der Waals surface area contributed by atoms with Crippen molar-refractivity contribution in [1.29, 1.82) is 0 Å². The van der Waals surface area contributed by atoms with E-state index in [-0.39, 0.29) is 11.7 Å². The molecule has 0 bridgehead atoms. The van der Waals surface area contributed by atoms with Gasteiger partial charge in [-0.3, -0.25) is 9.59 Å². The Hall–Kier alpha value is -3.23. The Morgan fingerprint density at radius 1 is 1.13 bits per heavy atom. The van der Waals surface area contributed by atoms with E-state index >= 15 is 0 Å². The molecule has 3 rings (SSSR count). The van der Waals surface area contributed by atoms with Crippen molar-refractivity contribution in [3.05, 3.63) is 42.5 Å². The molecule has 1 saturated heterocycles. The molecule has 0 saturated carbocycles. The van der Waals surface area contributed by atoms with E-state index in [0.717, 1.165) is 24.9 Å². The fourth-order valence-electron chi connectivity index (χ4n) is 3.56. The van der Waals surface area contributed by atoms with Gasteiger partial charge in [-0.2, -0.15) is 0 Å². The molecule has 0 radical (unpaired) electrons. The van der Waals surface area contributed by atoms with Gasteiger partial charge in [0.1, 0.15) is 5.75 Å². The summed E-state index contributed by atoms with van der Waals surface area (Å²) in [6.45, 7) is 2.41. The largest absolute Gasteiger partial charge is 0.573 e. The molecule has 0 unspecified atom stereocenters. The fourth-order valence-corrected chi connectivity index (χ4v) is 3.56. The number of likely N-dealkylation sites (tertiary alicyclic amines) is 1. The van der Waals surface area contributed by atoms with Crippen molar-refractivity contribution in [1.82, 2.24) is 4.90 Å². The molecule has 1 heterocycles. The molecule has 1 aliphatic rings. The molecule has 0 N–H and O–H groups in total. The molecular formula is C22H23F3N2O4. The highest BCUT2D eigenvalue weighted by molar-refractivity contribution is 5.78. The zero-order chi connectivity index (χ0) is 22.4. The monoisotopic (exact) mass is 436 g/mol. The number of rotatable bonds is 9. The van der Waals surface area contributed by atoms with Crippen LogP contribution in [0.3, 0.4) is 0 Å². The molecule has 0 atom stereocenters. The number of amides is 1. The zero-order valence-electron chi connectivity index (χ0n) is 17.0. The summed E-state index contributed by atoms with van der Waals surface area (Å²) in [5, 5.41) is 0. The third-order valence-corrected chi connectivity index (χ3v) is 5.06. The van der Waals surface area contributed by atoms with Crippen LogP contribution < -0.4 is 14.4 Å². The van der Waals surface area contributed by atoms with Crippen LogP contribution in [-0.4, -0.2) is 50.3 Å². The molecule has 166 valence electrons. The Balaban J connectivity index is 1.73. The number of carbonyl (C=O) groups is 2. The SMILES string of the molecule is CN(CCCN1CCCC1=O)c1cc(-c2ccc(OC(F)(F)F)cc2)ccc1OC=O.